The molecule has 0 aromatic heterocycles. The first-order valence-electron chi connectivity index (χ1n) is 9.06. The zero-order valence-corrected chi connectivity index (χ0v) is 15.4. The van der Waals surface area contributed by atoms with Gasteiger partial charge in [0.1, 0.15) is 18.4 Å². The van der Waals surface area contributed by atoms with E-state index in [0.29, 0.717) is 11.3 Å². The number of nitrogens with zero attached hydrogens (tertiary/aromatic N) is 2. The van der Waals surface area contributed by atoms with Crippen LogP contribution in [-0.2, 0) is 9.59 Å². The summed E-state index contributed by atoms with van der Waals surface area (Å²) in [6, 6.07) is 21.7. The molecule has 5 heteroatoms. The van der Waals surface area contributed by atoms with E-state index in [2.05, 4.69) is 0 Å². The monoisotopic (exact) mass is 374 g/mol. The Morgan fingerprint density at radius 2 is 1.50 bits per heavy atom. The topological polar surface area (TPSA) is 40.6 Å². The highest BCUT2D eigenvalue weighted by Crippen LogP contribution is 2.35. The average molecular weight is 374 g/mol. The standard InChI is InChI=1S/C23H19FN2O2/c1-16-11-13-18(14-12-16)26-21(27)15-25(20-10-6-5-9-19(20)24)23(28)22(26)17-7-3-2-4-8-17/h2-14,22H,15H2,1H3/t22-/m1/s1. The molecule has 28 heavy (non-hydrogen) atoms. The van der Waals surface area contributed by atoms with Gasteiger partial charge >= 0.3 is 0 Å². The van der Waals surface area contributed by atoms with Crippen LogP contribution in [0.25, 0.3) is 0 Å². The Bertz CT molecular complexity index is 1020. The second kappa shape index (κ2) is 7.27. The quantitative estimate of drug-likeness (QED) is 0.687. The molecular weight excluding hydrogens is 355 g/mol. The van der Waals surface area contributed by atoms with Gasteiger partial charge in [-0.05, 0) is 36.8 Å². The van der Waals surface area contributed by atoms with Crippen LogP contribution in [0.4, 0.5) is 15.8 Å². The van der Waals surface area contributed by atoms with Crippen LogP contribution in [0.15, 0.2) is 78.9 Å². The van der Waals surface area contributed by atoms with Crippen molar-refractivity contribution in [3.8, 4) is 0 Å². The van der Waals surface area contributed by atoms with Gasteiger partial charge in [-0.15, -0.1) is 0 Å². The molecule has 0 N–H and O–H groups in total. The highest BCUT2D eigenvalue weighted by Gasteiger charge is 2.42. The number of carbonyl (C=O) groups is 2. The second-order valence-corrected chi connectivity index (χ2v) is 6.79. The first-order valence-corrected chi connectivity index (χ1v) is 9.06. The number of hydrogen-bond donors (Lipinski definition) is 0. The van der Waals surface area contributed by atoms with Gasteiger partial charge in [0.15, 0.2) is 0 Å². The Labute approximate surface area is 162 Å². The molecule has 0 unspecified atom stereocenters. The van der Waals surface area contributed by atoms with Crippen molar-refractivity contribution < 1.29 is 14.0 Å². The van der Waals surface area contributed by atoms with E-state index in [4.69, 9.17) is 0 Å². The molecule has 1 aliphatic heterocycles. The lowest BCUT2D eigenvalue weighted by atomic mass is 9.99. The van der Waals surface area contributed by atoms with Gasteiger partial charge in [0.25, 0.3) is 5.91 Å². The van der Waals surface area contributed by atoms with Crippen LogP contribution in [-0.4, -0.2) is 18.4 Å². The maximum atomic E-state index is 14.3. The lowest BCUT2D eigenvalue weighted by Gasteiger charge is -2.40. The molecule has 2 amide bonds. The van der Waals surface area contributed by atoms with Crippen molar-refractivity contribution >= 4 is 23.2 Å². The Balaban J connectivity index is 1.82. The highest BCUT2D eigenvalue weighted by molar-refractivity contribution is 6.14. The molecule has 0 aliphatic carbocycles. The molecule has 4 rings (SSSR count). The Hall–Kier alpha value is -3.47. The van der Waals surface area contributed by atoms with Crippen LogP contribution in [0.3, 0.4) is 0 Å². The normalized spacial score (nSPS) is 17.1. The minimum atomic E-state index is -0.857. The third-order valence-corrected chi connectivity index (χ3v) is 4.89. The minimum absolute atomic E-state index is 0.116. The van der Waals surface area contributed by atoms with Crippen LogP contribution in [0.2, 0.25) is 0 Å². The number of aryl methyl sites for hydroxylation is 1. The average Bonchev–Trinajstić information content (AvgIpc) is 2.71. The summed E-state index contributed by atoms with van der Waals surface area (Å²) in [6.07, 6.45) is 0. The zero-order chi connectivity index (χ0) is 19.7. The summed E-state index contributed by atoms with van der Waals surface area (Å²) < 4.78 is 14.3. The van der Waals surface area contributed by atoms with Crippen molar-refractivity contribution in [1.82, 2.24) is 0 Å². The van der Waals surface area contributed by atoms with Gasteiger partial charge in [0, 0.05) is 5.69 Å². The maximum absolute atomic E-state index is 14.3. The predicted molar refractivity (Wildman–Crippen MR) is 107 cm³/mol. The van der Waals surface area contributed by atoms with Gasteiger partial charge in [-0.1, -0.05) is 60.2 Å². The van der Waals surface area contributed by atoms with E-state index in [9.17, 15) is 14.0 Å². The summed E-state index contributed by atoms with van der Waals surface area (Å²) in [5.74, 6) is -1.13. The Kier molecular flexibility index (Phi) is 4.65. The van der Waals surface area contributed by atoms with Gasteiger partial charge < -0.3 is 0 Å². The molecule has 140 valence electrons. The fraction of sp³-hybridized carbons (Fsp3) is 0.130. The number of piperazine rings is 1. The second-order valence-electron chi connectivity index (χ2n) is 6.79. The summed E-state index contributed by atoms with van der Waals surface area (Å²) in [4.78, 5) is 29.3. The fourth-order valence-corrected chi connectivity index (χ4v) is 3.49. The molecule has 1 heterocycles. The number of benzene rings is 3. The largest absolute Gasteiger partial charge is 0.298 e. The molecule has 0 bridgehead atoms. The van der Waals surface area contributed by atoms with Gasteiger partial charge in [0.05, 0.1) is 5.69 Å². The molecular formula is C23H19FN2O2. The van der Waals surface area contributed by atoms with Crippen molar-refractivity contribution in [1.29, 1.82) is 0 Å². The molecule has 1 aliphatic rings. The summed E-state index contributed by atoms with van der Waals surface area (Å²) >= 11 is 0. The number of rotatable bonds is 3. The molecule has 3 aromatic rings. The van der Waals surface area contributed by atoms with Crippen LogP contribution in [0, 0.1) is 12.7 Å². The predicted octanol–water partition coefficient (Wildman–Crippen LogP) is 4.26. The SMILES string of the molecule is Cc1ccc(N2C(=O)CN(c3ccccc3F)C(=O)[C@H]2c2ccccc2)cc1. The van der Waals surface area contributed by atoms with Crippen molar-refractivity contribution in [2.24, 2.45) is 0 Å². The highest BCUT2D eigenvalue weighted by atomic mass is 19.1. The molecule has 1 saturated heterocycles. The molecule has 1 fully saturated rings. The molecule has 3 aromatic carbocycles. The summed E-state index contributed by atoms with van der Waals surface area (Å²) in [5, 5.41) is 0. The number of carbonyl (C=O) groups excluding carboxylic acids is 2. The van der Waals surface area contributed by atoms with Crippen LogP contribution in [0.1, 0.15) is 17.2 Å². The van der Waals surface area contributed by atoms with Crippen molar-refractivity contribution in [3.05, 3.63) is 95.8 Å². The van der Waals surface area contributed by atoms with Crippen LogP contribution < -0.4 is 9.80 Å². The summed E-state index contributed by atoms with van der Waals surface area (Å²) in [6.45, 7) is 1.75. The summed E-state index contributed by atoms with van der Waals surface area (Å²) in [7, 11) is 0. The third kappa shape index (κ3) is 3.16. The molecule has 4 nitrogen and oxygen atoms in total. The first kappa shape index (κ1) is 17.9. The van der Waals surface area contributed by atoms with E-state index in [1.165, 1.54) is 21.9 Å². The van der Waals surface area contributed by atoms with Crippen LogP contribution in [0.5, 0.6) is 0 Å². The lowest BCUT2D eigenvalue weighted by Crippen LogP contribution is -2.56. The number of hydrogen-bond acceptors (Lipinski definition) is 2. The van der Waals surface area contributed by atoms with E-state index in [0.717, 1.165) is 5.56 Å². The van der Waals surface area contributed by atoms with E-state index >= 15 is 0 Å². The first-order chi connectivity index (χ1) is 13.6. The Morgan fingerprint density at radius 3 is 2.18 bits per heavy atom. The molecule has 0 spiro atoms. The number of para-hydroxylation sites is 1. The van der Waals surface area contributed by atoms with Gasteiger partial charge in [-0.3, -0.25) is 19.4 Å². The fourth-order valence-electron chi connectivity index (χ4n) is 3.49. The van der Waals surface area contributed by atoms with Gasteiger partial charge in [0.2, 0.25) is 5.91 Å². The van der Waals surface area contributed by atoms with E-state index in [-0.39, 0.29) is 24.0 Å². The van der Waals surface area contributed by atoms with Crippen LogP contribution >= 0.6 is 0 Å². The number of amides is 2. The van der Waals surface area contributed by atoms with Gasteiger partial charge in [-0.2, -0.15) is 0 Å². The lowest BCUT2D eigenvalue weighted by molar-refractivity contribution is -0.128. The smallest absolute Gasteiger partial charge is 0.255 e. The third-order valence-electron chi connectivity index (χ3n) is 4.89. The number of anilines is 2. The minimum Gasteiger partial charge on any atom is -0.298 e. The molecule has 0 saturated carbocycles. The van der Waals surface area contributed by atoms with E-state index < -0.39 is 11.9 Å². The maximum Gasteiger partial charge on any atom is 0.255 e. The molecule has 1 atom stereocenters. The summed E-state index contributed by atoms with van der Waals surface area (Å²) in [5.41, 5.74) is 2.50. The van der Waals surface area contributed by atoms with E-state index in [1.807, 2.05) is 61.5 Å². The van der Waals surface area contributed by atoms with Crippen molar-refractivity contribution in [2.45, 2.75) is 13.0 Å². The van der Waals surface area contributed by atoms with Crippen molar-refractivity contribution in [3.63, 3.8) is 0 Å². The van der Waals surface area contributed by atoms with E-state index in [1.54, 1.807) is 12.1 Å². The van der Waals surface area contributed by atoms with Gasteiger partial charge in [-0.25, -0.2) is 4.39 Å². The zero-order valence-electron chi connectivity index (χ0n) is 15.4. The van der Waals surface area contributed by atoms with Crippen molar-refractivity contribution in [2.75, 3.05) is 16.3 Å². The number of halogens is 1. The Morgan fingerprint density at radius 1 is 0.857 bits per heavy atom. The molecule has 0 radical (unpaired) electrons.